The van der Waals surface area contributed by atoms with Gasteiger partial charge in [-0.25, -0.2) is 0 Å². The minimum absolute atomic E-state index is 0.320. The minimum atomic E-state index is 0.320. The highest BCUT2D eigenvalue weighted by atomic mass is 35.5. The summed E-state index contributed by atoms with van der Waals surface area (Å²) in [5.41, 5.74) is 3.99. The van der Waals surface area contributed by atoms with Crippen LogP contribution >= 0.6 is 11.6 Å². The van der Waals surface area contributed by atoms with Gasteiger partial charge in [-0.3, -0.25) is 0 Å². The molecule has 0 spiro atoms. The zero-order valence-corrected chi connectivity index (χ0v) is 19.8. The lowest BCUT2D eigenvalue weighted by atomic mass is 9.66. The lowest BCUT2D eigenvalue weighted by Crippen LogP contribution is -2.63. The van der Waals surface area contributed by atoms with E-state index < -0.39 is 0 Å². The Morgan fingerprint density at radius 2 is 1.52 bits per heavy atom. The molecule has 170 valence electrons. The fourth-order valence-corrected chi connectivity index (χ4v) is 7.50. The molecule has 2 nitrogen and oxygen atoms in total. The van der Waals surface area contributed by atoms with E-state index in [9.17, 15) is 0 Å². The van der Waals surface area contributed by atoms with Gasteiger partial charge in [-0.2, -0.15) is 0 Å². The summed E-state index contributed by atoms with van der Waals surface area (Å²) in [4.78, 5) is 0. The molecule has 1 saturated heterocycles. The van der Waals surface area contributed by atoms with Crippen molar-refractivity contribution in [1.29, 1.82) is 0 Å². The Bertz CT molecular complexity index is 1030. The van der Waals surface area contributed by atoms with E-state index in [1.54, 1.807) is 0 Å². The van der Waals surface area contributed by atoms with Crippen LogP contribution in [-0.2, 0) is 6.54 Å². The van der Waals surface area contributed by atoms with E-state index in [4.69, 9.17) is 11.6 Å². The molecule has 2 N–H and O–H groups in total. The second-order valence-corrected chi connectivity index (χ2v) is 10.7. The fraction of sp³-hybridized carbons (Fsp3) is 0.400. The number of hydrogen-bond donors (Lipinski definition) is 2. The van der Waals surface area contributed by atoms with Crippen LogP contribution in [-0.4, -0.2) is 18.1 Å². The van der Waals surface area contributed by atoms with Gasteiger partial charge in [0.1, 0.15) is 0 Å². The van der Waals surface area contributed by atoms with Crippen molar-refractivity contribution in [2.24, 2.45) is 17.8 Å². The zero-order valence-electron chi connectivity index (χ0n) is 19.0. The topological polar surface area (TPSA) is 24.1 Å². The highest BCUT2D eigenvalue weighted by molar-refractivity contribution is 6.31. The lowest BCUT2D eigenvalue weighted by molar-refractivity contribution is 0.0920. The monoisotopic (exact) mass is 456 g/mol. The van der Waals surface area contributed by atoms with Crippen LogP contribution in [0.3, 0.4) is 0 Å². The summed E-state index contributed by atoms with van der Waals surface area (Å²) in [6.07, 6.45) is 5.49. The van der Waals surface area contributed by atoms with Crippen LogP contribution in [0.2, 0.25) is 5.02 Å². The normalized spacial score (nSPS) is 30.5. The number of piperidine rings is 1. The van der Waals surface area contributed by atoms with Gasteiger partial charge in [-0.05, 0) is 53.4 Å². The molecule has 4 bridgehead atoms. The van der Waals surface area contributed by atoms with Crippen molar-refractivity contribution in [3.63, 3.8) is 0 Å². The number of rotatable bonds is 6. The molecule has 6 rings (SSSR count). The Labute approximate surface area is 202 Å². The van der Waals surface area contributed by atoms with E-state index in [-0.39, 0.29) is 0 Å². The average Bonchev–Trinajstić information content (AvgIpc) is 2.99. The SMILES string of the molecule is Clc1ccccc1CNC1C(C(c2ccccc2)c2ccccc2)N[C@H]2C[C@H]3CCC[C@H]2C13. The molecule has 1 heterocycles. The second kappa shape index (κ2) is 9.25. The Balaban J connectivity index is 1.39. The number of hydrogen-bond acceptors (Lipinski definition) is 2. The third-order valence-corrected chi connectivity index (χ3v) is 8.96. The Hall–Kier alpha value is -2.13. The lowest BCUT2D eigenvalue weighted by Gasteiger charge is -2.49. The first-order valence-corrected chi connectivity index (χ1v) is 13.0. The summed E-state index contributed by atoms with van der Waals surface area (Å²) < 4.78 is 0. The summed E-state index contributed by atoms with van der Waals surface area (Å²) >= 11 is 6.55. The Morgan fingerprint density at radius 3 is 2.21 bits per heavy atom. The minimum Gasteiger partial charge on any atom is -0.308 e. The number of benzene rings is 3. The maximum absolute atomic E-state index is 6.55. The number of halogens is 1. The Kier molecular flexibility index (Phi) is 6.00. The van der Waals surface area contributed by atoms with Crippen molar-refractivity contribution in [3.05, 3.63) is 107 Å². The largest absolute Gasteiger partial charge is 0.308 e. The third-order valence-electron chi connectivity index (χ3n) is 8.60. The van der Waals surface area contributed by atoms with E-state index in [0.29, 0.717) is 24.0 Å². The van der Waals surface area contributed by atoms with Gasteiger partial charge in [-0.15, -0.1) is 0 Å². The molecule has 3 aromatic carbocycles. The first-order chi connectivity index (χ1) is 16.3. The zero-order chi connectivity index (χ0) is 22.2. The van der Waals surface area contributed by atoms with Crippen LogP contribution in [0.25, 0.3) is 0 Å². The molecule has 2 saturated carbocycles. The van der Waals surface area contributed by atoms with Crippen LogP contribution in [0.4, 0.5) is 0 Å². The van der Waals surface area contributed by atoms with Gasteiger partial charge in [0, 0.05) is 35.6 Å². The average molecular weight is 457 g/mol. The van der Waals surface area contributed by atoms with Gasteiger partial charge >= 0.3 is 0 Å². The first-order valence-electron chi connectivity index (χ1n) is 12.6. The molecule has 3 heteroatoms. The quantitative estimate of drug-likeness (QED) is 0.448. The molecule has 0 radical (unpaired) electrons. The van der Waals surface area contributed by atoms with Crippen LogP contribution in [0.5, 0.6) is 0 Å². The molecule has 0 amide bonds. The highest BCUT2D eigenvalue weighted by Crippen LogP contribution is 2.53. The van der Waals surface area contributed by atoms with Crippen LogP contribution in [0, 0.1) is 17.8 Å². The predicted octanol–water partition coefficient (Wildman–Crippen LogP) is 6.41. The highest BCUT2D eigenvalue weighted by Gasteiger charge is 2.55. The number of nitrogens with one attached hydrogen (secondary N) is 2. The smallest absolute Gasteiger partial charge is 0.0450 e. The van der Waals surface area contributed by atoms with E-state index in [1.165, 1.54) is 42.4 Å². The van der Waals surface area contributed by atoms with Crippen molar-refractivity contribution in [2.75, 3.05) is 0 Å². The predicted molar refractivity (Wildman–Crippen MR) is 136 cm³/mol. The van der Waals surface area contributed by atoms with Gasteiger partial charge in [-0.1, -0.05) is 103 Å². The van der Waals surface area contributed by atoms with Crippen LogP contribution < -0.4 is 10.6 Å². The fourth-order valence-electron chi connectivity index (χ4n) is 7.30. The van der Waals surface area contributed by atoms with Crippen molar-refractivity contribution >= 4 is 11.6 Å². The molecule has 33 heavy (non-hydrogen) atoms. The maximum atomic E-state index is 6.55. The Morgan fingerprint density at radius 1 is 0.848 bits per heavy atom. The van der Waals surface area contributed by atoms with E-state index >= 15 is 0 Å². The summed E-state index contributed by atoms with van der Waals surface area (Å²) in [6, 6.07) is 31.9. The van der Waals surface area contributed by atoms with Crippen molar-refractivity contribution in [2.45, 2.75) is 56.3 Å². The van der Waals surface area contributed by atoms with E-state index in [1.807, 2.05) is 12.1 Å². The van der Waals surface area contributed by atoms with Crippen LogP contribution in [0.15, 0.2) is 84.9 Å². The molecular formula is C30H33ClN2. The molecule has 3 fully saturated rings. The molecule has 0 aromatic heterocycles. The molecule has 1 aliphatic heterocycles. The van der Waals surface area contributed by atoms with Gasteiger partial charge in [0.25, 0.3) is 0 Å². The van der Waals surface area contributed by atoms with Gasteiger partial charge in [0.05, 0.1) is 0 Å². The summed E-state index contributed by atoms with van der Waals surface area (Å²) in [7, 11) is 0. The van der Waals surface area contributed by atoms with Crippen molar-refractivity contribution in [3.8, 4) is 0 Å². The summed E-state index contributed by atoms with van der Waals surface area (Å²) in [5.74, 6) is 2.70. The second-order valence-electron chi connectivity index (χ2n) is 10.3. The summed E-state index contributed by atoms with van der Waals surface area (Å²) in [6.45, 7) is 0.819. The van der Waals surface area contributed by atoms with Gasteiger partial charge in [0.2, 0.25) is 0 Å². The van der Waals surface area contributed by atoms with Crippen molar-refractivity contribution in [1.82, 2.24) is 10.6 Å². The van der Waals surface area contributed by atoms with E-state index in [0.717, 1.165) is 29.3 Å². The van der Waals surface area contributed by atoms with Crippen LogP contribution in [0.1, 0.15) is 48.3 Å². The summed E-state index contributed by atoms with van der Waals surface area (Å²) in [5, 5.41) is 9.14. The standard InChI is InChI=1S/C30H33ClN2/c31-25-17-8-7-14-23(25)19-32-29-28-22-15-9-16-24(28)26(18-22)33-30(29)27(20-10-3-1-4-11-20)21-12-5-2-6-13-21/h1-8,10-14,17,22,24,26-30,32-33H,9,15-16,18-19H2/t22-,24-,26+,28?,29?,30?/m1/s1. The van der Waals surface area contributed by atoms with Gasteiger partial charge < -0.3 is 10.6 Å². The molecular weight excluding hydrogens is 424 g/mol. The molecule has 3 aromatic rings. The van der Waals surface area contributed by atoms with Gasteiger partial charge in [0.15, 0.2) is 0 Å². The maximum Gasteiger partial charge on any atom is 0.0450 e. The van der Waals surface area contributed by atoms with Crippen molar-refractivity contribution < 1.29 is 0 Å². The first kappa shape index (κ1) is 21.4. The van der Waals surface area contributed by atoms with E-state index in [2.05, 4.69) is 83.4 Å². The third kappa shape index (κ3) is 4.03. The molecule has 3 aliphatic rings. The molecule has 3 unspecified atom stereocenters. The molecule has 2 aliphatic carbocycles. The molecule has 6 atom stereocenters.